The summed E-state index contributed by atoms with van der Waals surface area (Å²) in [5.41, 5.74) is 13.0. The Bertz CT molecular complexity index is 320. The van der Waals surface area contributed by atoms with Gasteiger partial charge in [0.15, 0.2) is 0 Å². The molecule has 4 heteroatoms. The first-order chi connectivity index (χ1) is 6.42. The van der Waals surface area contributed by atoms with E-state index in [-0.39, 0.29) is 0 Å². The predicted molar refractivity (Wildman–Crippen MR) is 62.7 cm³/mol. The highest BCUT2D eigenvalue weighted by Gasteiger charge is 2.17. The van der Waals surface area contributed by atoms with Gasteiger partial charge in [-0.1, -0.05) is 6.07 Å². The van der Waals surface area contributed by atoms with Crippen LogP contribution >= 0.6 is 0 Å². The first kappa shape index (κ1) is 11.1. The largest absolute Gasteiger partial charge is 0.544 e. The molecular weight excluding hydrogens is 192 g/mol. The van der Waals surface area contributed by atoms with Crippen molar-refractivity contribution in [2.24, 2.45) is 5.73 Å². The summed E-state index contributed by atoms with van der Waals surface area (Å²) in [7, 11) is -1.58. The number of hydrogen-bond donors (Lipinski definition) is 2. The Labute approximate surface area is 86.2 Å². The van der Waals surface area contributed by atoms with Gasteiger partial charge in [-0.3, -0.25) is 0 Å². The molecule has 1 aromatic rings. The van der Waals surface area contributed by atoms with Crippen molar-refractivity contribution in [3.63, 3.8) is 0 Å². The van der Waals surface area contributed by atoms with Crippen molar-refractivity contribution in [3.8, 4) is 5.75 Å². The molecule has 0 aromatic heterocycles. The maximum atomic E-state index is 5.88. The second-order valence-electron chi connectivity index (χ2n) is 4.29. The monoisotopic (exact) mass is 210 g/mol. The average Bonchev–Trinajstić information content (AvgIpc) is 2.01. The van der Waals surface area contributed by atoms with Crippen LogP contribution in [0.4, 0.5) is 5.69 Å². The highest BCUT2D eigenvalue weighted by atomic mass is 28.4. The van der Waals surface area contributed by atoms with E-state index in [2.05, 4.69) is 19.6 Å². The molecule has 0 aliphatic heterocycles. The normalized spacial score (nSPS) is 11.4. The van der Waals surface area contributed by atoms with Crippen molar-refractivity contribution in [2.45, 2.75) is 26.2 Å². The molecule has 0 bridgehead atoms. The summed E-state index contributed by atoms with van der Waals surface area (Å²) in [6, 6.07) is 5.62. The highest BCUT2D eigenvalue weighted by Crippen LogP contribution is 2.24. The smallest absolute Gasteiger partial charge is 0.242 e. The van der Waals surface area contributed by atoms with Crippen LogP contribution in [0.5, 0.6) is 5.75 Å². The second kappa shape index (κ2) is 4.02. The van der Waals surface area contributed by atoms with E-state index >= 15 is 0 Å². The number of nitrogen functional groups attached to an aromatic ring is 1. The minimum atomic E-state index is -1.58. The molecule has 4 N–H and O–H groups in total. The zero-order chi connectivity index (χ0) is 10.8. The molecule has 0 saturated carbocycles. The maximum absolute atomic E-state index is 5.88. The van der Waals surface area contributed by atoms with Crippen LogP contribution in [0.3, 0.4) is 0 Å². The van der Waals surface area contributed by atoms with Gasteiger partial charge in [-0.2, -0.15) is 0 Å². The number of anilines is 1. The van der Waals surface area contributed by atoms with Crippen LogP contribution in [0, 0.1) is 0 Å². The van der Waals surface area contributed by atoms with E-state index in [1.807, 2.05) is 18.2 Å². The van der Waals surface area contributed by atoms with Gasteiger partial charge in [0.25, 0.3) is 0 Å². The van der Waals surface area contributed by atoms with Gasteiger partial charge in [0.05, 0.1) is 0 Å². The van der Waals surface area contributed by atoms with E-state index in [4.69, 9.17) is 15.9 Å². The summed E-state index contributed by atoms with van der Waals surface area (Å²) in [6.45, 7) is 6.89. The highest BCUT2D eigenvalue weighted by molar-refractivity contribution is 6.70. The van der Waals surface area contributed by atoms with Crippen LogP contribution in [0.25, 0.3) is 0 Å². The van der Waals surface area contributed by atoms with E-state index in [0.29, 0.717) is 6.54 Å². The topological polar surface area (TPSA) is 61.3 Å². The quantitative estimate of drug-likeness (QED) is 0.592. The fourth-order valence-electron chi connectivity index (χ4n) is 1.16. The molecule has 1 aromatic carbocycles. The molecule has 0 aliphatic carbocycles. The molecule has 0 amide bonds. The Hall–Kier alpha value is -1.00. The van der Waals surface area contributed by atoms with Crippen LogP contribution in [0.15, 0.2) is 18.2 Å². The molecule has 0 heterocycles. The van der Waals surface area contributed by atoms with Gasteiger partial charge in [-0.15, -0.1) is 0 Å². The fourth-order valence-corrected chi connectivity index (χ4v) is 2.01. The zero-order valence-corrected chi connectivity index (χ0v) is 10.0. The number of hydrogen-bond acceptors (Lipinski definition) is 3. The standard InChI is InChI=1S/C10H18N2OSi/c1-14(2,3)13-10-6-9(12)5-4-8(10)7-11/h4-6H,7,11-12H2,1-3H3. The Morgan fingerprint density at radius 1 is 1.29 bits per heavy atom. The van der Waals surface area contributed by atoms with Crippen molar-refractivity contribution in [1.82, 2.24) is 0 Å². The van der Waals surface area contributed by atoms with Crippen molar-refractivity contribution in [1.29, 1.82) is 0 Å². The van der Waals surface area contributed by atoms with Gasteiger partial charge >= 0.3 is 0 Å². The lowest BCUT2D eigenvalue weighted by molar-refractivity contribution is 0.550. The van der Waals surface area contributed by atoms with Gasteiger partial charge < -0.3 is 15.9 Å². The Balaban J connectivity index is 2.99. The molecule has 0 saturated heterocycles. The first-order valence-electron chi connectivity index (χ1n) is 4.70. The number of benzene rings is 1. The number of nitrogens with two attached hydrogens (primary N) is 2. The third kappa shape index (κ3) is 3.05. The van der Waals surface area contributed by atoms with E-state index in [0.717, 1.165) is 17.0 Å². The Morgan fingerprint density at radius 2 is 1.93 bits per heavy atom. The van der Waals surface area contributed by atoms with Crippen molar-refractivity contribution in [2.75, 3.05) is 5.73 Å². The molecular formula is C10H18N2OSi. The number of rotatable bonds is 3. The lowest BCUT2D eigenvalue weighted by Gasteiger charge is -2.21. The van der Waals surface area contributed by atoms with Gasteiger partial charge in [0, 0.05) is 23.9 Å². The molecule has 1 rings (SSSR count). The van der Waals surface area contributed by atoms with E-state index < -0.39 is 8.32 Å². The van der Waals surface area contributed by atoms with Crippen molar-refractivity contribution >= 4 is 14.0 Å². The van der Waals surface area contributed by atoms with E-state index in [9.17, 15) is 0 Å². The zero-order valence-electron chi connectivity index (χ0n) is 9.00. The van der Waals surface area contributed by atoms with Crippen LogP contribution < -0.4 is 15.9 Å². The lowest BCUT2D eigenvalue weighted by Crippen LogP contribution is -2.30. The summed E-state index contributed by atoms with van der Waals surface area (Å²) in [5, 5.41) is 0. The third-order valence-corrected chi connectivity index (χ3v) is 2.56. The molecule has 0 aliphatic rings. The Morgan fingerprint density at radius 3 is 2.43 bits per heavy atom. The van der Waals surface area contributed by atoms with Crippen LogP contribution in [0.1, 0.15) is 5.56 Å². The molecule has 0 spiro atoms. The summed E-state index contributed by atoms with van der Waals surface area (Å²) < 4.78 is 5.88. The van der Waals surface area contributed by atoms with E-state index in [1.54, 1.807) is 0 Å². The minimum absolute atomic E-state index is 0.486. The molecule has 0 fully saturated rings. The van der Waals surface area contributed by atoms with Gasteiger partial charge in [-0.05, 0) is 25.7 Å². The maximum Gasteiger partial charge on any atom is 0.242 e. The Kier molecular flexibility index (Phi) is 3.18. The third-order valence-electron chi connectivity index (χ3n) is 1.73. The predicted octanol–water partition coefficient (Wildman–Crippen LogP) is 1.94. The molecule has 0 atom stereocenters. The second-order valence-corrected chi connectivity index (χ2v) is 8.71. The van der Waals surface area contributed by atoms with E-state index in [1.165, 1.54) is 0 Å². The van der Waals surface area contributed by atoms with Gasteiger partial charge in [0.1, 0.15) is 5.75 Å². The summed E-state index contributed by atoms with van der Waals surface area (Å²) >= 11 is 0. The fraction of sp³-hybridized carbons (Fsp3) is 0.400. The minimum Gasteiger partial charge on any atom is -0.544 e. The van der Waals surface area contributed by atoms with Gasteiger partial charge in [-0.25, -0.2) is 0 Å². The van der Waals surface area contributed by atoms with Crippen molar-refractivity contribution in [3.05, 3.63) is 23.8 Å². The SMILES string of the molecule is C[Si](C)(C)Oc1cc(N)ccc1CN. The van der Waals surface area contributed by atoms with Crippen LogP contribution in [-0.2, 0) is 6.54 Å². The molecule has 0 radical (unpaired) electrons. The van der Waals surface area contributed by atoms with Crippen LogP contribution in [-0.4, -0.2) is 8.32 Å². The molecule has 78 valence electrons. The summed E-state index contributed by atoms with van der Waals surface area (Å²) in [6.07, 6.45) is 0. The average molecular weight is 210 g/mol. The first-order valence-corrected chi connectivity index (χ1v) is 8.11. The van der Waals surface area contributed by atoms with Gasteiger partial charge in [0.2, 0.25) is 8.32 Å². The van der Waals surface area contributed by atoms with Crippen LogP contribution in [0.2, 0.25) is 19.6 Å². The molecule has 14 heavy (non-hydrogen) atoms. The van der Waals surface area contributed by atoms with Crippen molar-refractivity contribution < 1.29 is 4.43 Å². The summed E-state index contributed by atoms with van der Waals surface area (Å²) in [4.78, 5) is 0. The molecule has 3 nitrogen and oxygen atoms in total. The lowest BCUT2D eigenvalue weighted by atomic mass is 10.2. The molecule has 0 unspecified atom stereocenters. The summed E-state index contributed by atoms with van der Waals surface area (Å²) in [5.74, 6) is 0.840.